The molecule has 2 aromatic rings. The minimum absolute atomic E-state index is 0.956. The summed E-state index contributed by atoms with van der Waals surface area (Å²) >= 11 is 0. The van der Waals surface area contributed by atoms with Gasteiger partial charge in [-0.15, -0.1) is 0 Å². The van der Waals surface area contributed by atoms with E-state index in [1.807, 2.05) is 0 Å². The number of rotatable bonds is 4. The Balaban J connectivity index is 1.62. The Bertz CT molecular complexity index is 494. The summed E-state index contributed by atoms with van der Waals surface area (Å²) in [5, 5.41) is 1.39. The van der Waals surface area contributed by atoms with Crippen LogP contribution < -0.4 is 0 Å². The lowest BCUT2D eigenvalue weighted by Gasteiger charge is -2.38. The van der Waals surface area contributed by atoms with E-state index in [0.29, 0.717) is 0 Å². The van der Waals surface area contributed by atoms with Crippen molar-refractivity contribution in [2.75, 3.05) is 19.6 Å². The maximum Gasteiger partial charge on any atom is 0.0456 e. The van der Waals surface area contributed by atoms with Gasteiger partial charge in [-0.05, 0) is 24.0 Å². The van der Waals surface area contributed by atoms with Gasteiger partial charge in [0.2, 0.25) is 0 Å². The zero-order chi connectivity index (χ0) is 11.7. The fourth-order valence-corrected chi connectivity index (χ4v) is 2.73. The molecule has 0 unspecified atom stereocenters. The SMILES string of the molecule is CCC1CN(CCc2c[nH]c3ccccc23)C1. The van der Waals surface area contributed by atoms with Crippen molar-refractivity contribution >= 4 is 10.9 Å². The molecule has 1 aromatic heterocycles. The summed E-state index contributed by atoms with van der Waals surface area (Å²) in [4.78, 5) is 5.91. The molecule has 1 aromatic carbocycles. The van der Waals surface area contributed by atoms with Crippen LogP contribution in [0.1, 0.15) is 18.9 Å². The molecule has 0 atom stereocenters. The molecule has 0 aliphatic carbocycles. The van der Waals surface area contributed by atoms with Crippen molar-refractivity contribution in [3.8, 4) is 0 Å². The van der Waals surface area contributed by atoms with Gasteiger partial charge in [-0.25, -0.2) is 0 Å². The van der Waals surface area contributed by atoms with E-state index in [2.05, 4.69) is 47.3 Å². The Hall–Kier alpha value is -1.28. The van der Waals surface area contributed by atoms with Crippen LogP contribution in [0, 0.1) is 5.92 Å². The number of H-pyrrole nitrogens is 1. The summed E-state index contributed by atoms with van der Waals surface area (Å²) in [7, 11) is 0. The third-order valence-corrected chi connectivity index (χ3v) is 3.98. The van der Waals surface area contributed by atoms with Gasteiger partial charge in [-0.3, -0.25) is 0 Å². The Morgan fingerprint density at radius 1 is 1.29 bits per heavy atom. The maximum atomic E-state index is 3.35. The van der Waals surface area contributed by atoms with E-state index in [9.17, 15) is 0 Å². The number of para-hydroxylation sites is 1. The highest BCUT2D eigenvalue weighted by Crippen LogP contribution is 2.21. The standard InChI is InChI=1S/C15H20N2/c1-2-12-10-17(11-12)8-7-13-9-16-15-6-4-3-5-14(13)15/h3-6,9,12,16H,2,7-8,10-11H2,1H3. The number of aromatic amines is 1. The van der Waals surface area contributed by atoms with E-state index in [4.69, 9.17) is 0 Å². The summed E-state index contributed by atoms with van der Waals surface area (Å²) in [5.74, 6) is 0.956. The van der Waals surface area contributed by atoms with Crippen LogP contribution in [0.3, 0.4) is 0 Å². The normalized spacial score (nSPS) is 17.5. The molecule has 1 aliphatic heterocycles. The minimum Gasteiger partial charge on any atom is -0.361 e. The third kappa shape index (κ3) is 2.09. The van der Waals surface area contributed by atoms with E-state index in [1.54, 1.807) is 0 Å². The molecule has 3 rings (SSSR count). The quantitative estimate of drug-likeness (QED) is 0.852. The Kier molecular flexibility index (Phi) is 2.89. The predicted molar refractivity (Wildman–Crippen MR) is 72.2 cm³/mol. The number of nitrogens with one attached hydrogen (secondary N) is 1. The first kappa shape index (κ1) is 10.8. The molecule has 2 nitrogen and oxygen atoms in total. The van der Waals surface area contributed by atoms with Crippen molar-refractivity contribution in [2.45, 2.75) is 19.8 Å². The first-order valence-electron chi connectivity index (χ1n) is 6.64. The number of hydrogen-bond acceptors (Lipinski definition) is 1. The van der Waals surface area contributed by atoms with Crippen LogP contribution in [-0.2, 0) is 6.42 Å². The lowest BCUT2D eigenvalue weighted by Crippen LogP contribution is -2.46. The smallest absolute Gasteiger partial charge is 0.0456 e. The molecule has 17 heavy (non-hydrogen) atoms. The van der Waals surface area contributed by atoms with Gasteiger partial charge in [0, 0.05) is 36.7 Å². The van der Waals surface area contributed by atoms with Gasteiger partial charge in [0.05, 0.1) is 0 Å². The fraction of sp³-hybridized carbons (Fsp3) is 0.467. The number of hydrogen-bond donors (Lipinski definition) is 1. The van der Waals surface area contributed by atoms with Gasteiger partial charge in [0.1, 0.15) is 0 Å². The lowest BCUT2D eigenvalue weighted by atomic mass is 9.97. The largest absolute Gasteiger partial charge is 0.361 e. The van der Waals surface area contributed by atoms with Crippen molar-refractivity contribution in [2.24, 2.45) is 5.92 Å². The van der Waals surface area contributed by atoms with E-state index >= 15 is 0 Å². The van der Waals surface area contributed by atoms with Crippen LogP contribution in [0.15, 0.2) is 30.5 Å². The molecule has 0 spiro atoms. The summed E-state index contributed by atoms with van der Waals surface area (Å²) in [6.45, 7) is 6.11. The van der Waals surface area contributed by atoms with Gasteiger partial charge >= 0.3 is 0 Å². The summed E-state index contributed by atoms with van der Waals surface area (Å²) in [5.41, 5.74) is 2.72. The van der Waals surface area contributed by atoms with Crippen molar-refractivity contribution in [3.05, 3.63) is 36.0 Å². The van der Waals surface area contributed by atoms with Crippen molar-refractivity contribution in [1.82, 2.24) is 9.88 Å². The molecule has 90 valence electrons. The van der Waals surface area contributed by atoms with Gasteiger partial charge < -0.3 is 9.88 Å². The number of benzene rings is 1. The highest BCUT2D eigenvalue weighted by molar-refractivity contribution is 5.83. The van der Waals surface area contributed by atoms with Crippen molar-refractivity contribution in [3.63, 3.8) is 0 Å². The second kappa shape index (κ2) is 4.53. The van der Waals surface area contributed by atoms with Crippen molar-refractivity contribution < 1.29 is 0 Å². The predicted octanol–water partition coefficient (Wildman–Crippen LogP) is 3.05. The molecule has 1 fully saturated rings. The van der Waals surface area contributed by atoms with Gasteiger partial charge in [-0.2, -0.15) is 0 Å². The lowest BCUT2D eigenvalue weighted by molar-refractivity contribution is 0.0995. The average molecular weight is 228 g/mol. The van der Waals surface area contributed by atoms with Gasteiger partial charge in [0.25, 0.3) is 0 Å². The molecule has 1 saturated heterocycles. The summed E-state index contributed by atoms with van der Waals surface area (Å²) in [6.07, 6.45) is 4.67. The van der Waals surface area contributed by atoms with Crippen LogP contribution in [0.2, 0.25) is 0 Å². The van der Waals surface area contributed by atoms with Crippen molar-refractivity contribution in [1.29, 1.82) is 0 Å². The van der Waals surface area contributed by atoms with Crippen LogP contribution >= 0.6 is 0 Å². The number of aromatic nitrogens is 1. The van der Waals surface area contributed by atoms with Crippen LogP contribution in [-0.4, -0.2) is 29.5 Å². The molecule has 0 radical (unpaired) electrons. The zero-order valence-corrected chi connectivity index (χ0v) is 10.4. The van der Waals surface area contributed by atoms with Gasteiger partial charge in [-0.1, -0.05) is 31.5 Å². The Morgan fingerprint density at radius 3 is 2.94 bits per heavy atom. The molecular formula is C15H20N2. The molecule has 2 heteroatoms. The minimum atomic E-state index is 0.956. The maximum absolute atomic E-state index is 3.35. The topological polar surface area (TPSA) is 19.0 Å². The number of likely N-dealkylation sites (tertiary alicyclic amines) is 1. The summed E-state index contributed by atoms with van der Waals surface area (Å²) in [6, 6.07) is 8.57. The first-order chi connectivity index (χ1) is 8.36. The second-order valence-electron chi connectivity index (χ2n) is 5.14. The van der Waals surface area contributed by atoms with Gasteiger partial charge in [0.15, 0.2) is 0 Å². The molecule has 0 saturated carbocycles. The number of fused-ring (bicyclic) bond motifs is 1. The molecule has 1 N–H and O–H groups in total. The molecule has 0 bridgehead atoms. The monoisotopic (exact) mass is 228 g/mol. The van der Waals surface area contributed by atoms with Crippen LogP contribution in [0.4, 0.5) is 0 Å². The molecule has 1 aliphatic rings. The van der Waals surface area contributed by atoms with E-state index in [0.717, 1.165) is 5.92 Å². The number of nitrogens with zero attached hydrogens (tertiary/aromatic N) is 1. The summed E-state index contributed by atoms with van der Waals surface area (Å²) < 4.78 is 0. The van der Waals surface area contributed by atoms with Crippen LogP contribution in [0.25, 0.3) is 10.9 Å². The molecule has 0 amide bonds. The molecular weight excluding hydrogens is 208 g/mol. The van der Waals surface area contributed by atoms with E-state index in [1.165, 1.54) is 48.9 Å². The molecule has 2 heterocycles. The average Bonchev–Trinajstić information content (AvgIpc) is 2.71. The second-order valence-corrected chi connectivity index (χ2v) is 5.14. The third-order valence-electron chi connectivity index (χ3n) is 3.98. The Labute approximate surface area is 103 Å². The van der Waals surface area contributed by atoms with Crippen LogP contribution in [0.5, 0.6) is 0 Å². The Morgan fingerprint density at radius 2 is 2.12 bits per heavy atom. The van der Waals surface area contributed by atoms with E-state index in [-0.39, 0.29) is 0 Å². The highest BCUT2D eigenvalue weighted by Gasteiger charge is 2.24. The highest BCUT2D eigenvalue weighted by atomic mass is 15.2. The fourth-order valence-electron chi connectivity index (χ4n) is 2.73. The van der Waals surface area contributed by atoms with E-state index < -0.39 is 0 Å². The zero-order valence-electron chi connectivity index (χ0n) is 10.4. The first-order valence-corrected chi connectivity index (χ1v) is 6.64.